The van der Waals surface area contributed by atoms with Gasteiger partial charge in [-0.25, -0.2) is 15.0 Å². The summed E-state index contributed by atoms with van der Waals surface area (Å²) in [5.41, 5.74) is 0.945. The highest BCUT2D eigenvalue weighted by atomic mass is 15.0. The Morgan fingerprint density at radius 1 is 1.33 bits per heavy atom. The number of anilines is 1. The van der Waals surface area contributed by atoms with Crippen LogP contribution in [0.1, 0.15) is 5.82 Å². The molecule has 5 nitrogen and oxygen atoms in total. The van der Waals surface area contributed by atoms with E-state index in [2.05, 4.69) is 20.3 Å². The third-order valence-electron chi connectivity index (χ3n) is 2.04. The molecule has 0 aliphatic heterocycles. The number of imidazole rings is 1. The molecule has 2 aromatic rings. The fourth-order valence-corrected chi connectivity index (χ4v) is 1.23. The molecule has 2 heterocycles. The van der Waals surface area contributed by atoms with Crippen molar-refractivity contribution in [3.63, 3.8) is 0 Å². The Balaban J connectivity index is 1.81. The average Bonchev–Trinajstić information content (AvgIpc) is 2.74. The first-order chi connectivity index (χ1) is 7.34. The van der Waals surface area contributed by atoms with E-state index in [-0.39, 0.29) is 0 Å². The number of hydrogen-bond acceptors (Lipinski definition) is 4. The van der Waals surface area contributed by atoms with Crippen LogP contribution < -0.4 is 5.32 Å². The van der Waals surface area contributed by atoms with Crippen LogP contribution >= 0.6 is 0 Å². The monoisotopic (exact) mass is 203 g/mol. The van der Waals surface area contributed by atoms with Gasteiger partial charge in [0.2, 0.25) is 0 Å². The summed E-state index contributed by atoms with van der Waals surface area (Å²) in [5, 5.41) is 3.24. The first kappa shape index (κ1) is 9.64. The van der Waals surface area contributed by atoms with Gasteiger partial charge in [-0.15, -0.1) is 0 Å². The van der Waals surface area contributed by atoms with Crippen LogP contribution in [0.25, 0.3) is 0 Å². The third-order valence-corrected chi connectivity index (χ3v) is 2.04. The van der Waals surface area contributed by atoms with Gasteiger partial charge in [0.25, 0.3) is 0 Å². The molecule has 0 aromatic carbocycles. The maximum absolute atomic E-state index is 4.10. The molecule has 0 amide bonds. The predicted octanol–water partition coefficient (Wildman–Crippen LogP) is 1.09. The molecule has 0 bridgehead atoms. The van der Waals surface area contributed by atoms with Crippen molar-refractivity contribution in [2.75, 3.05) is 11.9 Å². The Kier molecular flexibility index (Phi) is 2.92. The number of nitrogens with one attached hydrogen (secondary N) is 1. The van der Waals surface area contributed by atoms with Crippen molar-refractivity contribution >= 4 is 5.69 Å². The Labute approximate surface area is 88.2 Å². The second kappa shape index (κ2) is 4.54. The lowest BCUT2D eigenvalue weighted by molar-refractivity contribution is 0.726. The van der Waals surface area contributed by atoms with Crippen molar-refractivity contribution in [3.05, 3.63) is 36.9 Å². The van der Waals surface area contributed by atoms with Gasteiger partial charge in [-0.2, -0.15) is 0 Å². The minimum absolute atomic E-state index is 0.787. The minimum atomic E-state index is 0.787. The first-order valence-electron chi connectivity index (χ1n) is 4.83. The largest absolute Gasteiger partial charge is 0.381 e. The van der Waals surface area contributed by atoms with Crippen molar-refractivity contribution in [3.8, 4) is 0 Å². The maximum Gasteiger partial charge on any atom is 0.125 e. The molecule has 0 aliphatic rings. The summed E-state index contributed by atoms with van der Waals surface area (Å²) in [6, 6.07) is 0. The minimum Gasteiger partial charge on any atom is -0.381 e. The molecular weight excluding hydrogens is 190 g/mol. The van der Waals surface area contributed by atoms with E-state index < -0.39 is 0 Å². The second-order valence-corrected chi connectivity index (χ2v) is 3.25. The van der Waals surface area contributed by atoms with Crippen LogP contribution in [0.5, 0.6) is 0 Å². The molecule has 78 valence electrons. The molecular formula is C10H13N5. The summed E-state index contributed by atoms with van der Waals surface area (Å²) in [6.45, 7) is 3.59. The summed E-state index contributed by atoms with van der Waals surface area (Å²) in [4.78, 5) is 12.2. The lowest BCUT2D eigenvalue weighted by Gasteiger charge is -2.05. The van der Waals surface area contributed by atoms with Crippen LogP contribution in [-0.4, -0.2) is 26.1 Å². The zero-order valence-corrected chi connectivity index (χ0v) is 8.59. The van der Waals surface area contributed by atoms with Gasteiger partial charge >= 0.3 is 0 Å². The fourth-order valence-electron chi connectivity index (χ4n) is 1.23. The van der Waals surface area contributed by atoms with Crippen LogP contribution in [-0.2, 0) is 6.54 Å². The van der Waals surface area contributed by atoms with Crippen LogP contribution in [0.3, 0.4) is 0 Å². The predicted molar refractivity (Wildman–Crippen MR) is 57.5 cm³/mol. The smallest absolute Gasteiger partial charge is 0.125 e. The van der Waals surface area contributed by atoms with E-state index >= 15 is 0 Å². The van der Waals surface area contributed by atoms with Gasteiger partial charge in [-0.1, -0.05) is 0 Å². The molecule has 0 atom stereocenters. The van der Waals surface area contributed by atoms with E-state index in [0.717, 1.165) is 24.6 Å². The highest BCUT2D eigenvalue weighted by molar-refractivity contribution is 5.37. The molecule has 2 aromatic heterocycles. The van der Waals surface area contributed by atoms with Gasteiger partial charge < -0.3 is 9.88 Å². The van der Waals surface area contributed by atoms with Gasteiger partial charge in [0.15, 0.2) is 0 Å². The van der Waals surface area contributed by atoms with Crippen molar-refractivity contribution in [1.29, 1.82) is 0 Å². The van der Waals surface area contributed by atoms with Crippen molar-refractivity contribution in [1.82, 2.24) is 19.5 Å². The lowest BCUT2D eigenvalue weighted by atomic mass is 10.5. The van der Waals surface area contributed by atoms with Crippen LogP contribution in [0, 0.1) is 6.92 Å². The lowest BCUT2D eigenvalue weighted by Crippen LogP contribution is -2.09. The number of nitrogens with zero attached hydrogens (tertiary/aromatic N) is 4. The summed E-state index contributed by atoms with van der Waals surface area (Å²) in [6.07, 6.45) is 9.09. The zero-order valence-electron chi connectivity index (χ0n) is 8.59. The number of aromatic nitrogens is 4. The van der Waals surface area contributed by atoms with Gasteiger partial charge in [-0.3, -0.25) is 0 Å². The highest BCUT2D eigenvalue weighted by Gasteiger charge is 1.93. The molecule has 0 saturated heterocycles. The van der Waals surface area contributed by atoms with Crippen molar-refractivity contribution < 1.29 is 0 Å². The molecule has 0 unspecified atom stereocenters. The topological polar surface area (TPSA) is 55.6 Å². The van der Waals surface area contributed by atoms with Crippen molar-refractivity contribution in [2.45, 2.75) is 13.5 Å². The van der Waals surface area contributed by atoms with Gasteiger partial charge in [-0.05, 0) is 6.92 Å². The molecule has 0 saturated carbocycles. The first-order valence-corrected chi connectivity index (χ1v) is 4.83. The van der Waals surface area contributed by atoms with Gasteiger partial charge in [0, 0.05) is 25.5 Å². The van der Waals surface area contributed by atoms with E-state index in [1.54, 1.807) is 24.9 Å². The number of aryl methyl sites for hydroxylation is 1. The normalized spacial score (nSPS) is 10.2. The number of hydrogen-bond donors (Lipinski definition) is 1. The Morgan fingerprint density at radius 3 is 2.80 bits per heavy atom. The summed E-state index contributed by atoms with van der Waals surface area (Å²) in [7, 11) is 0. The van der Waals surface area contributed by atoms with E-state index in [4.69, 9.17) is 0 Å². The van der Waals surface area contributed by atoms with Crippen LogP contribution in [0.2, 0.25) is 0 Å². The standard InChI is InChI=1S/C10H13N5/c1-9-13-6-10(7-14-9)12-3-5-15-4-2-11-8-15/h2,4,6-8,12H,3,5H2,1H3. The summed E-state index contributed by atoms with van der Waals surface area (Å²) < 4.78 is 2.02. The van der Waals surface area contributed by atoms with E-state index in [1.165, 1.54) is 0 Å². The third kappa shape index (κ3) is 2.77. The Morgan fingerprint density at radius 2 is 2.13 bits per heavy atom. The molecule has 0 radical (unpaired) electrons. The molecule has 1 N–H and O–H groups in total. The van der Waals surface area contributed by atoms with Gasteiger partial charge in [0.1, 0.15) is 5.82 Å². The highest BCUT2D eigenvalue weighted by Crippen LogP contribution is 2.01. The summed E-state index contributed by atoms with van der Waals surface area (Å²) in [5.74, 6) is 0.787. The molecule has 0 fully saturated rings. The SMILES string of the molecule is Cc1ncc(NCCn2ccnc2)cn1. The maximum atomic E-state index is 4.10. The number of rotatable bonds is 4. The quantitative estimate of drug-likeness (QED) is 0.808. The Bertz CT molecular complexity index is 392. The van der Waals surface area contributed by atoms with Crippen LogP contribution in [0.4, 0.5) is 5.69 Å². The Hall–Kier alpha value is -1.91. The zero-order chi connectivity index (χ0) is 10.5. The molecule has 0 aliphatic carbocycles. The fraction of sp³-hybridized carbons (Fsp3) is 0.300. The van der Waals surface area contributed by atoms with E-state index in [9.17, 15) is 0 Å². The van der Waals surface area contributed by atoms with Crippen LogP contribution in [0.15, 0.2) is 31.1 Å². The van der Waals surface area contributed by atoms with E-state index in [0.29, 0.717) is 0 Å². The molecule has 5 heteroatoms. The average molecular weight is 203 g/mol. The molecule has 2 rings (SSSR count). The van der Waals surface area contributed by atoms with Gasteiger partial charge in [0.05, 0.1) is 24.4 Å². The second-order valence-electron chi connectivity index (χ2n) is 3.25. The van der Waals surface area contributed by atoms with E-state index in [1.807, 2.05) is 17.7 Å². The molecule has 0 spiro atoms. The summed E-state index contributed by atoms with van der Waals surface area (Å²) >= 11 is 0. The van der Waals surface area contributed by atoms with Crippen molar-refractivity contribution in [2.24, 2.45) is 0 Å². The molecule has 15 heavy (non-hydrogen) atoms.